The first-order valence-corrected chi connectivity index (χ1v) is 18.6. The number of aliphatic hydroxyl groups excluding tert-OH is 4. The lowest BCUT2D eigenvalue weighted by Crippen LogP contribution is -2.27. The maximum Gasteiger partial charge on any atom is 0.334 e. The first-order valence-electron chi connectivity index (χ1n) is 18.6. The van der Waals surface area contributed by atoms with Crippen molar-refractivity contribution in [1.82, 2.24) is 0 Å². The first-order chi connectivity index (χ1) is 21.3. The number of unbranched alkanes of at least 4 members (excludes halogenated alkanes) is 15. The van der Waals surface area contributed by atoms with Crippen molar-refractivity contribution in [1.29, 1.82) is 0 Å². The Balaban J connectivity index is 1.39. The second-order valence-corrected chi connectivity index (χ2v) is 13.8. The predicted molar refractivity (Wildman–Crippen MR) is 177 cm³/mol. The van der Waals surface area contributed by atoms with Crippen LogP contribution in [0.4, 0.5) is 0 Å². The van der Waals surface area contributed by atoms with E-state index in [1.54, 1.807) is 13.0 Å². The van der Waals surface area contributed by atoms with Gasteiger partial charge in [-0.15, -0.1) is 0 Å². The molecule has 7 nitrogen and oxygen atoms in total. The second kappa shape index (κ2) is 24.2. The lowest BCUT2D eigenvalue weighted by molar-refractivity contribution is -0.139. The SMILES string of the molecule is CCCCCCCCCCCCCCCCC(O)C1CCC(CCCCCC(O)C(O)CCC(O)CC2=CC(C)OC2=O)O1. The van der Waals surface area contributed by atoms with E-state index in [9.17, 15) is 25.2 Å². The highest BCUT2D eigenvalue weighted by Gasteiger charge is 2.30. The van der Waals surface area contributed by atoms with Crippen molar-refractivity contribution < 1.29 is 34.7 Å². The van der Waals surface area contributed by atoms with Crippen molar-refractivity contribution in [3.63, 3.8) is 0 Å². The van der Waals surface area contributed by atoms with Gasteiger partial charge in [-0.3, -0.25) is 0 Å². The Labute approximate surface area is 269 Å². The smallest absolute Gasteiger partial charge is 0.334 e. The van der Waals surface area contributed by atoms with Crippen molar-refractivity contribution >= 4 is 5.97 Å². The van der Waals surface area contributed by atoms with Crippen LogP contribution in [0.25, 0.3) is 0 Å². The molecular formula is C37H68O7. The van der Waals surface area contributed by atoms with Gasteiger partial charge < -0.3 is 29.9 Å². The fourth-order valence-electron chi connectivity index (χ4n) is 6.75. The summed E-state index contributed by atoms with van der Waals surface area (Å²) < 4.78 is 11.2. The summed E-state index contributed by atoms with van der Waals surface area (Å²) >= 11 is 0. The monoisotopic (exact) mass is 624 g/mol. The molecule has 0 aromatic rings. The van der Waals surface area contributed by atoms with E-state index in [-0.39, 0.29) is 36.8 Å². The van der Waals surface area contributed by atoms with Crippen LogP contribution in [0.2, 0.25) is 0 Å². The minimum Gasteiger partial charge on any atom is -0.455 e. The molecule has 44 heavy (non-hydrogen) atoms. The average Bonchev–Trinajstić information content (AvgIpc) is 3.60. The zero-order chi connectivity index (χ0) is 32.0. The molecule has 2 rings (SSSR count). The third kappa shape index (κ3) is 17.6. The summed E-state index contributed by atoms with van der Waals surface area (Å²) in [7, 11) is 0. The van der Waals surface area contributed by atoms with Gasteiger partial charge in [-0.05, 0) is 57.9 Å². The molecule has 0 spiro atoms. The van der Waals surface area contributed by atoms with Crippen LogP contribution in [-0.4, -0.2) is 69.1 Å². The molecule has 2 heterocycles. The highest BCUT2D eigenvalue weighted by atomic mass is 16.5. The van der Waals surface area contributed by atoms with Crippen molar-refractivity contribution in [3.8, 4) is 0 Å². The Morgan fingerprint density at radius 1 is 0.705 bits per heavy atom. The van der Waals surface area contributed by atoms with Gasteiger partial charge >= 0.3 is 5.97 Å². The van der Waals surface area contributed by atoms with E-state index < -0.39 is 18.3 Å². The van der Waals surface area contributed by atoms with Gasteiger partial charge in [-0.25, -0.2) is 4.79 Å². The van der Waals surface area contributed by atoms with Gasteiger partial charge in [0.1, 0.15) is 6.10 Å². The molecule has 2 aliphatic rings. The van der Waals surface area contributed by atoms with Crippen molar-refractivity contribution in [3.05, 3.63) is 11.6 Å². The van der Waals surface area contributed by atoms with Gasteiger partial charge in [-0.1, -0.05) is 116 Å². The maximum atomic E-state index is 11.7. The van der Waals surface area contributed by atoms with Gasteiger partial charge in [0.25, 0.3) is 0 Å². The highest BCUT2D eigenvalue weighted by Crippen LogP contribution is 2.28. The molecule has 0 aliphatic carbocycles. The van der Waals surface area contributed by atoms with Crippen LogP contribution in [0.3, 0.4) is 0 Å². The molecule has 0 amide bonds. The topological polar surface area (TPSA) is 116 Å². The quantitative estimate of drug-likeness (QED) is 0.0518. The van der Waals surface area contributed by atoms with Gasteiger partial charge in [0, 0.05) is 12.0 Å². The Morgan fingerprint density at radius 2 is 1.25 bits per heavy atom. The maximum absolute atomic E-state index is 11.7. The Bertz CT molecular complexity index is 756. The molecule has 0 bridgehead atoms. The molecule has 258 valence electrons. The number of carbonyl (C=O) groups is 1. The Kier molecular flexibility index (Phi) is 21.6. The molecule has 1 fully saturated rings. The Morgan fingerprint density at radius 3 is 1.84 bits per heavy atom. The molecule has 1 saturated heterocycles. The number of hydrogen-bond acceptors (Lipinski definition) is 7. The predicted octanol–water partition coefficient (Wildman–Crippen LogP) is 7.84. The largest absolute Gasteiger partial charge is 0.455 e. The van der Waals surface area contributed by atoms with E-state index in [4.69, 9.17) is 9.47 Å². The van der Waals surface area contributed by atoms with Crippen LogP contribution in [0.15, 0.2) is 11.6 Å². The molecule has 0 aromatic carbocycles. The van der Waals surface area contributed by atoms with Crippen LogP contribution in [0, 0.1) is 0 Å². The van der Waals surface area contributed by atoms with Crippen LogP contribution >= 0.6 is 0 Å². The van der Waals surface area contributed by atoms with Gasteiger partial charge in [0.15, 0.2) is 0 Å². The van der Waals surface area contributed by atoms with Crippen LogP contribution < -0.4 is 0 Å². The van der Waals surface area contributed by atoms with Crippen LogP contribution in [0.1, 0.15) is 174 Å². The molecule has 2 aliphatic heterocycles. The van der Waals surface area contributed by atoms with Crippen molar-refractivity contribution in [2.45, 2.75) is 217 Å². The number of aliphatic hydroxyl groups is 4. The molecule has 7 heteroatoms. The number of hydrogen-bond donors (Lipinski definition) is 4. The minimum atomic E-state index is -0.881. The summed E-state index contributed by atoms with van der Waals surface area (Å²) in [6.07, 6.45) is 25.6. The number of esters is 1. The lowest BCUT2D eigenvalue weighted by Gasteiger charge is -2.20. The van der Waals surface area contributed by atoms with E-state index in [0.717, 1.165) is 51.4 Å². The summed E-state index contributed by atoms with van der Waals surface area (Å²) in [5.74, 6) is -0.382. The summed E-state index contributed by atoms with van der Waals surface area (Å²) in [5, 5.41) is 41.5. The van der Waals surface area contributed by atoms with Gasteiger partial charge in [0.2, 0.25) is 0 Å². The zero-order valence-corrected chi connectivity index (χ0v) is 28.3. The Hall–Kier alpha value is -0.990. The highest BCUT2D eigenvalue weighted by molar-refractivity contribution is 5.90. The molecular weight excluding hydrogens is 556 g/mol. The van der Waals surface area contributed by atoms with E-state index in [1.165, 1.54) is 83.5 Å². The summed E-state index contributed by atoms with van der Waals surface area (Å²) in [4.78, 5) is 11.7. The van der Waals surface area contributed by atoms with Crippen molar-refractivity contribution in [2.24, 2.45) is 0 Å². The van der Waals surface area contributed by atoms with Gasteiger partial charge in [0.05, 0.1) is 36.6 Å². The summed E-state index contributed by atoms with van der Waals surface area (Å²) in [6, 6.07) is 0. The van der Waals surface area contributed by atoms with E-state index >= 15 is 0 Å². The standard InChI is InChI=1S/C37H68O7/c1-3-4-5-6-7-8-9-10-11-12-13-14-15-18-22-35(41)36-26-24-32(44-36)20-17-16-19-21-33(39)34(40)25-23-31(38)28-30-27-29(2)43-37(30)42/h27,29,31-36,38-41H,3-26,28H2,1-2H3. The molecule has 7 unspecified atom stereocenters. The third-order valence-electron chi connectivity index (χ3n) is 9.64. The molecule has 7 atom stereocenters. The summed E-state index contributed by atoms with van der Waals surface area (Å²) in [5.41, 5.74) is 0.483. The molecule has 0 aromatic heterocycles. The van der Waals surface area contributed by atoms with E-state index in [0.29, 0.717) is 24.8 Å². The summed E-state index contributed by atoms with van der Waals surface area (Å²) in [6.45, 7) is 4.05. The lowest BCUT2D eigenvalue weighted by atomic mass is 9.97. The fourth-order valence-corrected chi connectivity index (χ4v) is 6.75. The van der Waals surface area contributed by atoms with Crippen LogP contribution in [-0.2, 0) is 14.3 Å². The molecule has 4 N–H and O–H groups in total. The average molecular weight is 625 g/mol. The number of rotatable bonds is 28. The first kappa shape index (κ1) is 39.2. The van der Waals surface area contributed by atoms with Crippen LogP contribution in [0.5, 0.6) is 0 Å². The minimum absolute atomic E-state index is 0.0201. The van der Waals surface area contributed by atoms with E-state index in [1.807, 2.05) is 0 Å². The number of cyclic esters (lactones) is 1. The third-order valence-corrected chi connectivity index (χ3v) is 9.64. The number of ether oxygens (including phenoxy) is 2. The number of carbonyl (C=O) groups excluding carboxylic acids is 1. The van der Waals surface area contributed by atoms with E-state index in [2.05, 4.69) is 6.92 Å². The molecule has 0 saturated carbocycles. The fraction of sp³-hybridized carbons (Fsp3) is 0.919. The molecule has 0 radical (unpaired) electrons. The normalized spacial score (nSPS) is 23.0. The van der Waals surface area contributed by atoms with Gasteiger partial charge in [-0.2, -0.15) is 0 Å². The van der Waals surface area contributed by atoms with Crippen molar-refractivity contribution in [2.75, 3.05) is 0 Å². The zero-order valence-electron chi connectivity index (χ0n) is 28.3. The second-order valence-electron chi connectivity index (χ2n) is 13.8.